The number of nitrogens with one attached hydrogen (secondary N) is 1. The van der Waals surface area contributed by atoms with Crippen LogP contribution in [0.2, 0.25) is 5.02 Å². The van der Waals surface area contributed by atoms with Crippen molar-refractivity contribution in [3.8, 4) is 5.75 Å². The number of amides is 1. The SMILES string of the molecule is O=C(COc1ccc(/C=N/O)cc1Br)Nc1ccccc1Cl. The number of hydrogen-bond donors (Lipinski definition) is 2. The van der Waals surface area contributed by atoms with Crippen LogP contribution in [0.25, 0.3) is 0 Å². The fourth-order valence-corrected chi connectivity index (χ4v) is 2.37. The van der Waals surface area contributed by atoms with Crippen LogP contribution in [0, 0.1) is 0 Å². The van der Waals surface area contributed by atoms with Crippen LogP contribution in [0.3, 0.4) is 0 Å². The monoisotopic (exact) mass is 382 g/mol. The number of benzene rings is 2. The lowest BCUT2D eigenvalue weighted by molar-refractivity contribution is -0.118. The maximum Gasteiger partial charge on any atom is 0.262 e. The van der Waals surface area contributed by atoms with Gasteiger partial charge in [0.15, 0.2) is 6.61 Å². The predicted molar refractivity (Wildman–Crippen MR) is 89.1 cm³/mol. The summed E-state index contributed by atoms with van der Waals surface area (Å²) in [5.74, 6) is 0.186. The fraction of sp³-hybridized carbons (Fsp3) is 0.0667. The molecular formula is C15H12BrClN2O3. The highest BCUT2D eigenvalue weighted by Gasteiger charge is 2.08. The highest BCUT2D eigenvalue weighted by molar-refractivity contribution is 9.10. The first-order valence-electron chi connectivity index (χ1n) is 6.24. The third kappa shape index (κ3) is 4.47. The van der Waals surface area contributed by atoms with Crippen LogP contribution >= 0.6 is 27.5 Å². The fourth-order valence-electron chi connectivity index (χ4n) is 1.67. The number of nitrogens with zero attached hydrogens (tertiary/aromatic N) is 1. The minimum absolute atomic E-state index is 0.155. The van der Waals surface area contributed by atoms with Gasteiger partial charge in [0, 0.05) is 0 Å². The van der Waals surface area contributed by atoms with Crippen LogP contribution in [0.1, 0.15) is 5.56 Å². The van der Waals surface area contributed by atoms with Crippen LogP contribution in [0.15, 0.2) is 52.1 Å². The van der Waals surface area contributed by atoms with Gasteiger partial charge in [0.05, 0.1) is 21.4 Å². The summed E-state index contributed by atoms with van der Waals surface area (Å²) in [6, 6.07) is 12.0. The van der Waals surface area contributed by atoms with E-state index in [4.69, 9.17) is 21.5 Å². The second-order valence-corrected chi connectivity index (χ2v) is 5.51. The van der Waals surface area contributed by atoms with E-state index in [0.29, 0.717) is 26.5 Å². The molecule has 0 fully saturated rings. The van der Waals surface area contributed by atoms with Gasteiger partial charge in [-0.2, -0.15) is 0 Å². The zero-order valence-corrected chi connectivity index (χ0v) is 13.6. The lowest BCUT2D eigenvalue weighted by Gasteiger charge is -2.10. The molecule has 5 nitrogen and oxygen atoms in total. The highest BCUT2D eigenvalue weighted by Crippen LogP contribution is 2.26. The number of rotatable bonds is 5. The van der Waals surface area contributed by atoms with E-state index in [2.05, 4.69) is 26.4 Å². The molecule has 2 aromatic rings. The summed E-state index contributed by atoms with van der Waals surface area (Å²) in [6.45, 7) is -0.155. The average Bonchev–Trinajstić information content (AvgIpc) is 2.49. The van der Waals surface area contributed by atoms with Crippen molar-refractivity contribution in [2.45, 2.75) is 0 Å². The van der Waals surface area contributed by atoms with Gasteiger partial charge < -0.3 is 15.3 Å². The summed E-state index contributed by atoms with van der Waals surface area (Å²) in [5, 5.41) is 14.5. The van der Waals surface area contributed by atoms with Crippen molar-refractivity contribution in [3.05, 3.63) is 57.5 Å². The smallest absolute Gasteiger partial charge is 0.262 e. The molecular weight excluding hydrogens is 372 g/mol. The maximum absolute atomic E-state index is 11.9. The Kier molecular flexibility index (Phi) is 5.80. The molecule has 7 heteroatoms. The van der Waals surface area contributed by atoms with Crippen molar-refractivity contribution >= 4 is 45.3 Å². The Hall–Kier alpha value is -2.05. The van der Waals surface area contributed by atoms with Crippen LogP contribution in [-0.4, -0.2) is 23.9 Å². The first-order valence-corrected chi connectivity index (χ1v) is 7.41. The Labute approximate surface area is 140 Å². The molecule has 0 radical (unpaired) electrons. The van der Waals surface area contributed by atoms with E-state index in [1.807, 2.05) is 0 Å². The molecule has 2 aromatic carbocycles. The molecule has 0 bridgehead atoms. The van der Waals surface area contributed by atoms with Gasteiger partial charge in [-0.1, -0.05) is 28.9 Å². The Bertz CT molecular complexity index is 707. The van der Waals surface area contributed by atoms with Gasteiger partial charge in [0.2, 0.25) is 0 Å². The molecule has 0 heterocycles. The third-order valence-corrected chi connectivity index (χ3v) is 3.62. The number of oxime groups is 1. The minimum Gasteiger partial charge on any atom is -0.483 e. The number of carbonyl (C=O) groups excluding carboxylic acids is 1. The summed E-state index contributed by atoms with van der Waals surface area (Å²) in [6.07, 6.45) is 1.29. The van der Waals surface area contributed by atoms with Gasteiger partial charge in [0.25, 0.3) is 5.91 Å². The van der Waals surface area contributed by atoms with Gasteiger partial charge in [-0.25, -0.2) is 0 Å². The molecule has 0 spiro atoms. The quantitative estimate of drug-likeness (QED) is 0.467. The van der Waals surface area contributed by atoms with Crippen LogP contribution in [0.4, 0.5) is 5.69 Å². The number of carbonyl (C=O) groups is 1. The molecule has 22 heavy (non-hydrogen) atoms. The summed E-state index contributed by atoms with van der Waals surface area (Å²) < 4.78 is 6.08. The average molecular weight is 384 g/mol. The Morgan fingerprint density at radius 3 is 2.82 bits per heavy atom. The summed E-state index contributed by atoms with van der Waals surface area (Å²) >= 11 is 9.29. The molecule has 0 aliphatic rings. The minimum atomic E-state index is -0.319. The van der Waals surface area contributed by atoms with Crippen LogP contribution in [0.5, 0.6) is 5.75 Å². The maximum atomic E-state index is 11.9. The molecule has 114 valence electrons. The van der Waals surface area contributed by atoms with Crippen molar-refractivity contribution in [2.24, 2.45) is 5.16 Å². The van der Waals surface area contributed by atoms with Gasteiger partial charge in [-0.15, -0.1) is 0 Å². The largest absolute Gasteiger partial charge is 0.483 e. The number of anilines is 1. The first-order chi connectivity index (χ1) is 10.6. The van der Waals surface area contributed by atoms with E-state index in [0.717, 1.165) is 0 Å². The second-order valence-electron chi connectivity index (χ2n) is 4.25. The van der Waals surface area contributed by atoms with Gasteiger partial charge >= 0.3 is 0 Å². The summed E-state index contributed by atoms with van der Waals surface area (Å²) in [7, 11) is 0. The number of halogens is 2. The van der Waals surface area contributed by atoms with Crippen molar-refractivity contribution in [1.29, 1.82) is 0 Å². The van der Waals surface area contributed by atoms with Gasteiger partial charge in [0.1, 0.15) is 5.75 Å². The van der Waals surface area contributed by atoms with E-state index in [9.17, 15) is 4.79 Å². The molecule has 0 saturated heterocycles. The van der Waals surface area contributed by atoms with Crippen molar-refractivity contribution in [2.75, 3.05) is 11.9 Å². The normalized spacial score (nSPS) is 10.6. The predicted octanol–water partition coefficient (Wildman–Crippen LogP) is 3.93. The molecule has 0 aromatic heterocycles. The third-order valence-electron chi connectivity index (χ3n) is 2.67. The zero-order valence-electron chi connectivity index (χ0n) is 11.3. The van der Waals surface area contributed by atoms with E-state index in [1.165, 1.54) is 6.21 Å². The van der Waals surface area contributed by atoms with Crippen molar-refractivity contribution in [3.63, 3.8) is 0 Å². The van der Waals surface area contributed by atoms with Gasteiger partial charge in [-0.3, -0.25) is 4.79 Å². The van der Waals surface area contributed by atoms with Crippen molar-refractivity contribution < 1.29 is 14.7 Å². The topological polar surface area (TPSA) is 70.9 Å². The Morgan fingerprint density at radius 1 is 1.36 bits per heavy atom. The molecule has 0 unspecified atom stereocenters. The molecule has 2 rings (SSSR count). The molecule has 0 saturated carbocycles. The van der Waals surface area contributed by atoms with Crippen molar-refractivity contribution in [1.82, 2.24) is 0 Å². The first kappa shape index (κ1) is 16.3. The van der Waals surface area contributed by atoms with E-state index in [-0.39, 0.29) is 12.5 Å². The lowest BCUT2D eigenvalue weighted by Crippen LogP contribution is -2.20. The molecule has 0 aliphatic carbocycles. The van der Waals surface area contributed by atoms with Crippen LogP contribution < -0.4 is 10.1 Å². The molecule has 2 N–H and O–H groups in total. The molecule has 0 atom stereocenters. The van der Waals surface area contributed by atoms with Crippen LogP contribution in [-0.2, 0) is 4.79 Å². The summed E-state index contributed by atoms with van der Waals surface area (Å²) in [4.78, 5) is 11.9. The molecule has 0 aliphatic heterocycles. The number of ether oxygens (including phenoxy) is 1. The zero-order chi connectivity index (χ0) is 15.9. The number of para-hydroxylation sites is 1. The number of hydrogen-bond acceptors (Lipinski definition) is 4. The van der Waals surface area contributed by atoms with E-state index in [1.54, 1.807) is 42.5 Å². The lowest BCUT2D eigenvalue weighted by atomic mass is 10.2. The van der Waals surface area contributed by atoms with E-state index < -0.39 is 0 Å². The second kappa shape index (κ2) is 7.82. The Balaban J connectivity index is 1.95. The Morgan fingerprint density at radius 2 is 2.14 bits per heavy atom. The standard InChI is InChI=1S/C15H12BrClN2O3/c16-11-7-10(8-18-21)5-6-14(11)22-9-15(20)19-13-4-2-1-3-12(13)17/h1-8,21H,9H2,(H,19,20)/b18-8+. The van der Waals surface area contributed by atoms with E-state index >= 15 is 0 Å². The van der Waals surface area contributed by atoms with Gasteiger partial charge in [-0.05, 0) is 51.8 Å². The highest BCUT2D eigenvalue weighted by atomic mass is 79.9. The summed E-state index contributed by atoms with van der Waals surface area (Å²) in [5.41, 5.74) is 1.23. The molecule has 1 amide bonds.